The molecule has 0 aliphatic carbocycles. The third-order valence-electron chi connectivity index (χ3n) is 2.77. The molecule has 2 N–H and O–H groups in total. The van der Waals surface area contributed by atoms with Gasteiger partial charge in [0.2, 0.25) is 5.91 Å². The van der Waals surface area contributed by atoms with Crippen LogP contribution in [0.2, 0.25) is 0 Å². The summed E-state index contributed by atoms with van der Waals surface area (Å²) in [5.41, 5.74) is -0.0694. The van der Waals surface area contributed by atoms with Gasteiger partial charge in [0, 0.05) is 19.2 Å². The number of nitrogens with one attached hydrogen (secondary N) is 2. The minimum atomic E-state index is -0.0694. The molecule has 0 spiro atoms. The van der Waals surface area contributed by atoms with E-state index in [4.69, 9.17) is 4.74 Å². The lowest BCUT2D eigenvalue weighted by Gasteiger charge is -2.28. The van der Waals surface area contributed by atoms with Crippen LogP contribution >= 0.6 is 12.4 Å². The van der Waals surface area contributed by atoms with Crippen LogP contribution in [0.3, 0.4) is 0 Å². The van der Waals surface area contributed by atoms with Crippen LogP contribution in [0, 0.1) is 0 Å². The number of amides is 1. The van der Waals surface area contributed by atoms with Crippen molar-refractivity contribution >= 4 is 18.3 Å². The number of carbonyl (C=O) groups is 1. The zero-order valence-electron chi connectivity index (χ0n) is 10.8. The van der Waals surface area contributed by atoms with E-state index in [0.717, 1.165) is 12.8 Å². The van der Waals surface area contributed by atoms with Crippen molar-refractivity contribution in [2.24, 2.45) is 0 Å². The molecule has 5 heteroatoms. The van der Waals surface area contributed by atoms with Gasteiger partial charge in [0.25, 0.3) is 0 Å². The van der Waals surface area contributed by atoms with Crippen LogP contribution in [0.25, 0.3) is 0 Å². The summed E-state index contributed by atoms with van der Waals surface area (Å²) in [7, 11) is 1.65. The Kier molecular flexibility index (Phi) is 11.1. The maximum atomic E-state index is 11.5. The molecule has 98 valence electrons. The van der Waals surface area contributed by atoms with Gasteiger partial charge in [-0.2, -0.15) is 0 Å². The maximum absolute atomic E-state index is 11.5. The fraction of sp³-hybridized carbons (Fsp3) is 0.909. The standard InChI is InChI=1S/C11H24N2O2.ClH/c1-5-11(3,6-2)13-10(14)9-12-7-8-15-4;/h12H,5-9H2,1-4H3,(H,13,14);1H. The Morgan fingerprint density at radius 2 is 1.88 bits per heavy atom. The van der Waals surface area contributed by atoms with Gasteiger partial charge in [0.1, 0.15) is 0 Å². The van der Waals surface area contributed by atoms with Crippen molar-refractivity contribution in [1.82, 2.24) is 10.6 Å². The lowest BCUT2D eigenvalue weighted by molar-refractivity contribution is -0.122. The predicted molar refractivity (Wildman–Crippen MR) is 69.1 cm³/mol. The minimum Gasteiger partial charge on any atom is -0.383 e. The van der Waals surface area contributed by atoms with E-state index in [0.29, 0.717) is 19.7 Å². The van der Waals surface area contributed by atoms with E-state index >= 15 is 0 Å². The van der Waals surface area contributed by atoms with E-state index in [1.165, 1.54) is 0 Å². The quantitative estimate of drug-likeness (QED) is 0.641. The highest BCUT2D eigenvalue weighted by molar-refractivity contribution is 5.85. The summed E-state index contributed by atoms with van der Waals surface area (Å²) < 4.78 is 4.87. The van der Waals surface area contributed by atoms with Crippen molar-refractivity contribution in [1.29, 1.82) is 0 Å². The first-order valence-electron chi connectivity index (χ1n) is 5.58. The molecular weight excluding hydrogens is 228 g/mol. The number of halogens is 1. The first kappa shape index (κ1) is 18.1. The zero-order chi connectivity index (χ0) is 11.7. The van der Waals surface area contributed by atoms with Gasteiger partial charge in [-0.1, -0.05) is 13.8 Å². The van der Waals surface area contributed by atoms with Crippen LogP contribution in [0.15, 0.2) is 0 Å². The Labute approximate surface area is 105 Å². The predicted octanol–water partition coefficient (Wildman–Crippen LogP) is 1.34. The van der Waals surface area contributed by atoms with E-state index < -0.39 is 0 Å². The summed E-state index contributed by atoms with van der Waals surface area (Å²) in [6.07, 6.45) is 1.90. The molecule has 0 aromatic rings. The average molecular weight is 253 g/mol. The van der Waals surface area contributed by atoms with Crippen molar-refractivity contribution in [2.75, 3.05) is 26.8 Å². The van der Waals surface area contributed by atoms with Crippen LogP contribution in [0.1, 0.15) is 33.6 Å². The zero-order valence-corrected chi connectivity index (χ0v) is 11.6. The summed E-state index contributed by atoms with van der Waals surface area (Å²) in [5, 5.41) is 6.05. The van der Waals surface area contributed by atoms with Crippen molar-refractivity contribution in [3.05, 3.63) is 0 Å². The normalized spacial score (nSPS) is 10.8. The molecule has 0 atom stereocenters. The van der Waals surface area contributed by atoms with Crippen LogP contribution in [-0.4, -0.2) is 38.3 Å². The topological polar surface area (TPSA) is 50.4 Å². The summed E-state index contributed by atoms with van der Waals surface area (Å²) in [6.45, 7) is 7.94. The molecule has 0 radical (unpaired) electrons. The molecule has 0 aromatic heterocycles. The molecule has 0 bridgehead atoms. The molecule has 4 nitrogen and oxygen atoms in total. The minimum absolute atomic E-state index is 0. The van der Waals surface area contributed by atoms with E-state index in [1.807, 2.05) is 0 Å². The first-order chi connectivity index (χ1) is 7.08. The molecule has 0 heterocycles. The lowest BCUT2D eigenvalue weighted by Crippen LogP contribution is -2.48. The van der Waals surface area contributed by atoms with Gasteiger partial charge in [0.05, 0.1) is 13.2 Å². The molecule has 0 unspecified atom stereocenters. The summed E-state index contributed by atoms with van der Waals surface area (Å²) in [6, 6.07) is 0. The maximum Gasteiger partial charge on any atom is 0.234 e. The van der Waals surface area contributed by atoms with Gasteiger partial charge < -0.3 is 15.4 Å². The molecular formula is C11H25ClN2O2. The Bertz CT molecular complexity index is 185. The molecule has 0 fully saturated rings. The second kappa shape index (κ2) is 9.87. The van der Waals surface area contributed by atoms with Crippen molar-refractivity contribution in [3.8, 4) is 0 Å². The second-order valence-electron chi connectivity index (χ2n) is 3.99. The molecule has 0 aromatic carbocycles. The van der Waals surface area contributed by atoms with Crippen LogP contribution in [0.4, 0.5) is 0 Å². The van der Waals surface area contributed by atoms with Gasteiger partial charge in [-0.05, 0) is 19.8 Å². The van der Waals surface area contributed by atoms with Gasteiger partial charge in [-0.3, -0.25) is 4.79 Å². The number of hydrogen-bond donors (Lipinski definition) is 2. The van der Waals surface area contributed by atoms with Crippen molar-refractivity contribution in [2.45, 2.75) is 39.2 Å². The van der Waals surface area contributed by atoms with Crippen LogP contribution in [-0.2, 0) is 9.53 Å². The van der Waals surface area contributed by atoms with E-state index in [9.17, 15) is 4.79 Å². The highest BCUT2D eigenvalue weighted by Gasteiger charge is 2.21. The van der Waals surface area contributed by atoms with E-state index in [2.05, 4.69) is 31.4 Å². The van der Waals surface area contributed by atoms with E-state index in [-0.39, 0.29) is 23.9 Å². The third-order valence-corrected chi connectivity index (χ3v) is 2.77. The number of carbonyl (C=O) groups excluding carboxylic acids is 1. The number of methoxy groups -OCH3 is 1. The fourth-order valence-corrected chi connectivity index (χ4v) is 1.18. The highest BCUT2D eigenvalue weighted by atomic mass is 35.5. The Morgan fingerprint density at radius 3 is 2.31 bits per heavy atom. The lowest BCUT2D eigenvalue weighted by atomic mass is 9.95. The summed E-state index contributed by atoms with van der Waals surface area (Å²) >= 11 is 0. The molecule has 0 rings (SSSR count). The average Bonchev–Trinajstić information content (AvgIpc) is 2.24. The molecule has 1 amide bonds. The van der Waals surface area contributed by atoms with E-state index in [1.54, 1.807) is 7.11 Å². The molecule has 0 aliphatic heterocycles. The summed E-state index contributed by atoms with van der Waals surface area (Å²) in [5.74, 6) is 0.0531. The van der Waals surface area contributed by atoms with Crippen molar-refractivity contribution < 1.29 is 9.53 Å². The highest BCUT2D eigenvalue weighted by Crippen LogP contribution is 2.12. The summed E-state index contributed by atoms with van der Waals surface area (Å²) in [4.78, 5) is 11.5. The van der Waals surface area contributed by atoms with Gasteiger partial charge in [0.15, 0.2) is 0 Å². The number of rotatable bonds is 8. The second-order valence-corrected chi connectivity index (χ2v) is 3.99. The Hall–Kier alpha value is -0.320. The monoisotopic (exact) mass is 252 g/mol. The first-order valence-corrected chi connectivity index (χ1v) is 5.58. The molecule has 16 heavy (non-hydrogen) atoms. The SMILES string of the molecule is CCC(C)(CC)NC(=O)CNCCOC.Cl. The van der Waals surface area contributed by atoms with Gasteiger partial charge >= 0.3 is 0 Å². The largest absolute Gasteiger partial charge is 0.383 e. The number of hydrogen-bond acceptors (Lipinski definition) is 3. The third kappa shape index (κ3) is 7.91. The fourth-order valence-electron chi connectivity index (χ4n) is 1.18. The van der Waals surface area contributed by atoms with Gasteiger partial charge in [-0.25, -0.2) is 0 Å². The van der Waals surface area contributed by atoms with Gasteiger partial charge in [-0.15, -0.1) is 12.4 Å². The van der Waals surface area contributed by atoms with Crippen molar-refractivity contribution in [3.63, 3.8) is 0 Å². The number of ether oxygens (including phenoxy) is 1. The van der Waals surface area contributed by atoms with Crippen LogP contribution in [0.5, 0.6) is 0 Å². The molecule has 0 saturated carbocycles. The molecule has 0 aliphatic rings. The Balaban J connectivity index is 0. The molecule has 0 saturated heterocycles. The Morgan fingerprint density at radius 1 is 1.31 bits per heavy atom. The van der Waals surface area contributed by atoms with Crippen LogP contribution < -0.4 is 10.6 Å². The smallest absolute Gasteiger partial charge is 0.234 e.